The summed E-state index contributed by atoms with van der Waals surface area (Å²) in [7, 11) is 0. The van der Waals surface area contributed by atoms with Crippen molar-refractivity contribution in [2.75, 3.05) is 30.3 Å². The maximum absolute atomic E-state index is 11.8. The van der Waals surface area contributed by atoms with Gasteiger partial charge in [0.25, 0.3) is 0 Å². The Bertz CT molecular complexity index is 1170. The molecule has 5 rings (SSSR count). The second-order valence-electron chi connectivity index (χ2n) is 7.42. The highest BCUT2D eigenvalue weighted by Gasteiger charge is 2.19. The lowest BCUT2D eigenvalue weighted by atomic mass is 10.3. The molecule has 0 atom stereocenters. The highest BCUT2D eigenvalue weighted by molar-refractivity contribution is 7.08. The summed E-state index contributed by atoms with van der Waals surface area (Å²) < 4.78 is 1.97. The number of thiophene rings is 1. The topological polar surface area (TPSA) is 88.0 Å². The molecule has 1 aliphatic heterocycles. The van der Waals surface area contributed by atoms with Crippen LogP contribution in [0.15, 0.2) is 53.5 Å². The minimum atomic E-state index is 0.256. The lowest BCUT2D eigenvalue weighted by molar-refractivity contribution is -0.127. The SMILES string of the molecule is O=C1CCCN1CCCNc1nc(Nc2ccccc2)c2ncn(-c3ccsc3)c2n1. The predicted octanol–water partition coefficient (Wildman–Crippen LogP) is 4.05. The minimum absolute atomic E-state index is 0.256. The van der Waals surface area contributed by atoms with Crippen LogP contribution < -0.4 is 10.6 Å². The largest absolute Gasteiger partial charge is 0.354 e. The number of para-hydroxylation sites is 1. The first-order valence-corrected chi connectivity index (χ1v) is 11.3. The molecule has 4 aromatic rings. The number of nitrogens with zero attached hydrogens (tertiary/aromatic N) is 5. The van der Waals surface area contributed by atoms with E-state index in [1.807, 2.05) is 51.2 Å². The maximum atomic E-state index is 11.8. The Kier molecular flexibility index (Phi) is 5.49. The number of aromatic nitrogens is 4. The summed E-state index contributed by atoms with van der Waals surface area (Å²) >= 11 is 1.63. The van der Waals surface area contributed by atoms with E-state index in [0.717, 1.165) is 43.0 Å². The van der Waals surface area contributed by atoms with Crippen LogP contribution in [0.5, 0.6) is 0 Å². The molecule has 8 nitrogen and oxygen atoms in total. The molecule has 1 fully saturated rings. The monoisotopic (exact) mass is 433 g/mol. The zero-order chi connectivity index (χ0) is 21.0. The molecule has 4 heterocycles. The predicted molar refractivity (Wildman–Crippen MR) is 123 cm³/mol. The van der Waals surface area contributed by atoms with Crippen LogP contribution in [0.3, 0.4) is 0 Å². The van der Waals surface area contributed by atoms with Gasteiger partial charge in [-0.05, 0) is 36.4 Å². The van der Waals surface area contributed by atoms with E-state index in [0.29, 0.717) is 30.2 Å². The van der Waals surface area contributed by atoms with Crippen molar-refractivity contribution >= 4 is 45.9 Å². The van der Waals surface area contributed by atoms with Gasteiger partial charge in [0.15, 0.2) is 17.0 Å². The number of rotatable bonds is 8. The summed E-state index contributed by atoms with van der Waals surface area (Å²) in [6.07, 6.45) is 4.26. The molecule has 0 bridgehead atoms. The maximum Gasteiger partial charge on any atom is 0.226 e. The quantitative estimate of drug-likeness (QED) is 0.408. The van der Waals surface area contributed by atoms with Gasteiger partial charge < -0.3 is 15.5 Å². The molecular weight excluding hydrogens is 410 g/mol. The standard InChI is InChI=1S/C22H23N7OS/c30-18-8-4-11-28(18)12-5-10-23-22-26-20(25-16-6-2-1-3-7-16)19-21(27-22)29(15-24-19)17-9-13-31-14-17/h1-3,6-7,9,13-15H,4-5,8,10-12H2,(H2,23,25,26,27). The van der Waals surface area contributed by atoms with E-state index < -0.39 is 0 Å². The Labute approximate surface area is 184 Å². The highest BCUT2D eigenvalue weighted by atomic mass is 32.1. The molecule has 9 heteroatoms. The number of benzene rings is 1. The number of nitrogens with one attached hydrogen (secondary N) is 2. The number of anilines is 3. The van der Waals surface area contributed by atoms with Gasteiger partial charge in [-0.15, -0.1) is 0 Å². The first-order chi connectivity index (χ1) is 15.3. The van der Waals surface area contributed by atoms with Gasteiger partial charge in [-0.2, -0.15) is 21.3 Å². The van der Waals surface area contributed by atoms with Crippen molar-refractivity contribution in [3.05, 3.63) is 53.5 Å². The second kappa shape index (κ2) is 8.73. The van der Waals surface area contributed by atoms with Gasteiger partial charge >= 0.3 is 0 Å². The summed E-state index contributed by atoms with van der Waals surface area (Å²) in [4.78, 5) is 27.7. The Morgan fingerprint density at radius 2 is 2.03 bits per heavy atom. The van der Waals surface area contributed by atoms with Gasteiger partial charge in [0.1, 0.15) is 6.33 Å². The number of fused-ring (bicyclic) bond motifs is 1. The van der Waals surface area contributed by atoms with Gasteiger partial charge in [-0.25, -0.2) is 4.98 Å². The summed E-state index contributed by atoms with van der Waals surface area (Å²) in [5.74, 6) is 1.45. The number of carbonyl (C=O) groups is 1. The van der Waals surface area contributed by atoms with Crippen molar-refractivity contribution in [3.8, 4) is 5.69 Å². The van der Waals surface area contributed by atoms with Crippen LogP contribution >= 0.6 is 11.3 Å². The van der Waals surface area contributed by atoms with E-state index in [-0.39, 0.29) is 5.91 Å². The molecule has 0 aliphatic carbocycles. The number of hydrogen-bond donors (Lipinski definition) is 2. The fraction of sp³-hybridized carbons (Fsp3) is 0.273. The smallest absolute Gasteiger partial charge is 0.226 e. The highest BCUT2D eigenvalue weighted by Crippen LogP contribution is 2.26. The van der Waals surface area contributed by atoms with E-state index in [1.165, 1.54) is 0 Å². The number of likely N-dealkylation sites (tertiary alicyclic amines) is 1. The summed E-state index contributed by atoms with van der Waals surface area (Å²) in [6, 6.07) is 11.9. The third-order valence-electron chi connectivity index (χ3n) is 5.28. The fourth-order valence-corrected chi connectivity index (χ4v) is 4.35. The summed E-state index contributed by atoms with van der Waals surface area (Å²) in [6.45, 7) is 2.31. The van der Waals surface area contributed by atoms with Crippen LogP contribution in [0.2, 0.25) is 0 Å². The second-order valence-corrected chi connectivity index (χ2v) is 8.20. The Morgan fingerprint density at radius 3 is 2.81 bits per heavy atom. The van der Waals surface area contributed by atoms with Crippen LogP contribution in [0, 0.1) is 0 Å². The number of amides is 1. The van der Waals surface area contributed by atoms with Crippen molar-refractivity contribution in [2.45, 2.75) is 19.3 Å². The molecule has 1 saturated heterocycles. The van der Waals surface area contributed by atoms with E-state index >= 15 is 0 Å². The molecule has 1 aliphatic rings. The lowest BCUT2D eigenvalue weighted by Gasteiger charge is -2.15. The van der Waals surface area contributed by atoms with Gasteiger partial charge in [0.05, 0.1) is 5.69 Å². The zero-order valence-electron chi connectivity index (χ0n) is 17.0. The Balaban J connectivity index is 1.40. The number of carbonyl (C=O) groups excluding carboxylic acids is 1. The summed E-state index contributed by atoms with van der Waals surface area (Å²) in [5.41, 5.74) is 3.41. The molecular formula is C22H23N7OS. The average Bonchev–Trinajstić information content (AvgIpc) is 3.53. The third kappa shape index (κ3) is 4.22. The van der Waals surface area contributed by atoms with E-state index in [9.17, 15) is 4.79 Å². The van der Waals surface area contributed by atoms with Crippen molar-refractivity contribution < 1.29 is 4.79 Å². The van der Waals surface area contributed by atoms with Gasteiger partial charge in [-0.3, -0.25) is 9.36 Å². The first kappa shape index (κ1) is 19.5. The van der Waals surface area contributed by atoms with E-state index in [1.54, 1.807) is 17.7 Å². The Hall–Kier alpha value is -3.46. The van der Waals surface area contributed by atoms with Crippen LogP contribution in [0.1, 0.15) is 19.3 Å². The van der Waals surface area contributed by atoms with Crippen molar-refractivity contribution in [1.29, 1.82) is 0 Å². The average molecular weight is 434 g/mol. The molecule has 3 aromatic heterocycles. The van der Waals surface area contributed by atoms with Crippen LogP contribution in [-0.4, -0.2) is 50.0 Å². The van der Waals surface area contributed by atoms with Gasteiger partial charge in [0.2, 0.25) is 11.9 Å². The molecule has 2 N–H and O–H groups in total. The van der Waals surface area contributed by atoms with Crippen LogP contribution in [0.4, 0.5) is 17.5 Å². The molecule has 31 heavy (non-hydrogen) atoms. The molecule has 0 unspecified atom stereocenters. The molecule has 0 spiro atoms. The third-order valence-corrected chi connectivity index (χ3v) is 5.95. The van der Waals surface area contributed by atoms with Crippen molar-refractivity contribution in [1.82, 2.24) is 24.4 Å². The summed E-state index contributed by atoms with van der Waals surface area (Å²) in [5, 5.41) is 10.8. The molecule has 0 radical (unpaired) electrons. The normalized spacial score (nSPS) is 13.8. The van der Waals surface area contributed by atoms with Crippen molar-refractivity contribution in [3.63, 3.8) is 0 Å². The van der Waals surface area contributed by atoms with Gasteiger partial charge in [0, 0.05) is 37.1 Å². The van der Waals surface area contributed by atoms with Crippen molar-refractivity contribution in [2.24, 2.45) is 0 Å². The van der Waals surface area contributed by atoms with Crippen LogP contribution in [0.25, 0.3) is 16.9 Å². The fourth-order valence-electron chi connectivity index (χ4n) is 3.72. The van der Waals surface area contributed by atoms with Crippen LogP contribution in [-0.2, 0) is 4.79 Å². The van der Waals surface area contributed by atoms with E-state index in [4.69, 9.17) is 4.98 Å². The van der Waals surface area contributed by atoms with E-state index in [2.05, 4.69) is 26.0 Å². The first-order valence-electron chi connectivity index (χ1n) is 10.4. The number of hydrogen-bond acceptors (Lipinski definition) is 7. The molecule has 1 aromatic carbocycles. The molecule has 1 amide bonds. The molecule has 158 valence electrons. The number of imidazole rings is 1. The Morgan fingerprint density at radius 1 is 1.13 bits per heavy atom. The molecule has 0 saturated carbocycles. The minimum Gasteiger partial charge on any atom is -0.354 e. The zero-order valence-corrected chi connectivity index (χ0v) is 17.8. The lowest BCUT2D eigenvalue weighted by Crippen LogP contribution is -2.27. The van der Waals surface area contributed by atoms with Gasteiger partial charge in [-0.1, -0.05) is 18.2 Å².